The molecule has 0 bridgehead atoms. The molecule has 0 atom stereocenters. The van der Waals surface area contributed by atoms with Crippen molar-refractivity contribution in [3.05, 3.63) is 84.4 Å². The summed E-state index contributed by atoms with van der Waals surface area (Å²) in [6, 6.07) is 24.4. The van der Waals surface area contributed by atoms with Crippen LogP contribution in [0.1, 0.15) is 5.56 Å². The second-order valence-electron chi connectivity index (χ2n) is 5.76. The van der Waals surface area contributed by atoms with E-state index >= 15 is 0 Å². The quantitative estimate of drug-likeness (QED) is 0.649. The van der Waals surface area contributed by atoms with E-state index in [-0.39, 0.29) is 12.5 Å². The van der Waals surface area contributed by atoms with E-state index in [1.54, 1.807) is 25.3 Å². The molecule has 5 nitrogen and oxygen atoms in total. The van der Waals surface area contributed by atoms with E-state index in [1.165, 1.54) is 0 Å². The van der Waals surface area contributed by atoms with Crippen molar-refractivity contribution in [1.82, 2.24) is 0 Å². The lowest BCUT2D eigenvalue weighted by molar-refractivity contribution is -0.118. The van der Waals surface area contributed by atoms with Crippen molar-refractivity contribution in [1.29, 1.82) is 0 Å². The number of nitrogens with one attached hydrogen (secondary N) is 1. The van der Waals surface area contributed by atoms with Crippen LogP contribution in [-0.2, 0) is 11.4 Å². The highest BCUT2D eigenvalue weighted by Crippen LogP contribution is 2.27. The molecular formula is C22H21NO4. The fourth-order valence-electron chi connectivity index (χ4n) is 2.50. The van der Waals surface area contributed by atoms with Gasteiger partial charge in [-0.25, -0.2) is 0 Å². The van der Waals surface area contributed by atoms with Gasteiger partial charge in [0.25, 0.3) is 5.91 Å². The van der Waals surface area contributed by atoms with Crippen LogP contribution in [0.15, 0.2) is 78.9 Å². The van der Waals surface area contributed by atoms with Crippen molar-refractivity contribution in [2.75, 3.05) is 19.0 Å². The first kappa shape index (κ1) is 18.3. The highest BCUT2D eigenvalue weighted by molar-refractivity contribution is 5.93. The standard InChI is InChI=1S/C22H21NO4/c1-25-19-12-6-5-11-18(19)23-22(24)16-27-21-14-8-7-13-20(21)26-15-17-9-3-2-4-10-17/h2-14H,15-16H2,1H3,(H,23,24). The number of carbonyl (C=O) groups is 1. The summed E-state index contributed by atoms with van der Waals surface area (Å²) in [7, 11) is 1.56. The van der Waals surface area contributed by atoms with Crippen molar-refractivity contribution in [2.24, 2.45) is 0 Å². The van der Waals surface area contributed by atoms with Crippen LogP contribution in [0.3, 0.4) is 0 Å². The second-order valence-corrected chi connectivity index (χ2v) is 5.76. The molecule has 0 radical (unpaired) electrons. The minimum absolute atomic E-state index is 0.135. The number of methoxy groups -OCH3 is 1. The Morgan fingerprint density at radius 1 is 0.778 bits per heavy atom. The number of hydrogen-bond acceptors (Lipinski definition) is 4. The molecule has 138 valence electrons. The topological polar surface area (TPSA) is 56.8 Å². The molecule has 0 aromatic heterocycles. The Kier molecular flexibility index (Phi) is 6.30. The van der Waals surface area contributed by atoms with Gasteiger partial charge in [-0.15, -0.1) is 0 Å². The third-order valence-corrected chi connectivity index (χ3v) is 3.83. The highest BCUT2D eigenvalue weighted by Gasteiger charge is 2.10. The van der Waals surface area contributed by atoms with Gasteiger partial charge in [0.2, 0.25) is 0 Å². The van der Waals surface area contributed by atoms with E-state index in [2.05, 4.69) is 5.32 Å². The molecule has 0 aliphatic heterocycles. The van der Waals surface area contributed by atoms with E-state index in [9.17, 15) is 4.79 Å². The molecule has 1 N–H and O–H groups in total. The molecular weight excluding hydrogens is 342 g/mol. The maximum Gasteiger partial charge on any atom is 0.262 e. The zero-order chi connectivity index (χ0) is 18.9. The van der Waals surface area contributed by atoms with Crippen LogP contribution < -0.4 is 19.5 Å². The molecule has 5 heteroatoms. The first-order valence-electron chi connectivity index (χ1n) is 8.57. The highest BCUT2D eigenvalue weighted by atomic mass is 16.5. The number of carbonyl (C=O) groups excluding carboxylic acids is 1. The molecule has 0 unspecified atom stereocenters. The summed E-state index contributed by atoms with van der Waals surface area (Å²) >= 11 is 0. The molecule has 0 saturated carbocycles. The molecule has 0 spiro atoms. The summed E-state index contributed by atoms with van der Waals surface area (Å²) < 4.78 is 16.7. The fourth-order valence-corrected chi connectivity index (χ4v) is 2.50. The SMILES string of the molecule is COc1ccccc1NC(=O)COc1ccccc1OCc1ccccc1. The maximum atomic E-state index is 12.2. The Labute approximate surface area is 158 Å². The lowest BCUT2D eigenvalue weighted by Crippen LogP contribution is -2.20. The average Bonchev–Trinajstić information content (AvgIpc) is 2.72. The van der Waals surface area contributed by atoms with Crippen molar-refractivity contribution in [2.45, 2.75) is 6.61 Å². The lowest BCUT2D eigenvalue weighted by Gasteiger charge is -2.13. The Bertz CT molecular complexity index is 880. The molecule has 0 saturated heterocycles. The van der Waals surface area contributed by atoms with Crippen LogP contribution in [0.25, 0.3) is 0 Å². The first-order valence-corrected chi connectivity index (χ1v) is 8.57. The minimum atomic E-state index is -0.280. The molecule has 0 aliphatic rings. The third-order valence-electron chi connectivity index (χ3n) is 3.83. The predicted molar refractivity (Wildman–Crippen MR) is 104 cm³/mol. The fraction of sp³-hybridized carbons (Fsp3) is 0.136. The minimum Gasteiger partial charge on any atom is -0.495 e. The van der Waals surface area contributed by atoms with Gasteiger partial charge in [0, 0.05) is 0 Å². The normalized spacial score (nSPS) is 10.1. The zero-order valence-electron chi connectivity index (χ0n) is 15.1. The van der Waals surface area contributed by atoms with Crippen molar-refractivity contribution >= 4 is 11.6 Å². The maximum absolute atomic E-state index is 12.2. The number of para-hydroxylation sites is 4. The van der Waals surface area contributed by atoms with Crippen LogP contribution in [0.2, 0.25) is 0 Å². The first-order chi connectivity index (χ1) is 13.3. The third kappa shape index (κ3) is 5.25. The number of anilines is 1. The molecule has 1 amide bonds. The predicted octanol–water partition coefficient (Wildman–Crippen LogP) is 4.29. The van der Waals surface area contributed by atoms with Gasteiger partial charge < -0.3 is 19.5 Å². The van der Waals surface area contributed by atoms with E-state index in [0.717, 1.165) is 5.56 Å². The summed E-state index contributed by atoms with van der Waals surface area (Å²) in [4.78, 5) is 12.2. The Hall–Kier alpha value is -3.47. The van der Waals surface area contributed by atoms with E-state index in [0.29, 0.717) is 29.5 Å². The van der Waals surface area contributed by atoms with Crippen molar-refractivity contribution < 1.29 is 19.0 Å². The summed E-state index contributed by atoms with van der Waals surface area (Å²) in [5.41, 5.74) is 1.66. The van der Waals surface area contributed by atoms with Gasteiger partial charge in [-0.2, -0.15) is 0 Å². The number of hydrogen-bond donors (Lipinski definition) is 1. The van der Waals surface area contributed by atoms with Gasteiger partial charge in [0.05, 0.1) is 12.8 Å². The number of amides is 1. The smallest absolute Gasteiger partial charge is 0.262 e. The van der Waals surface area contributed by atoms with Crippen LogP contribution in [0.4, 0.5) is 5.69 Å². The van der Waals surface area contributed by atoms with Crippen LogP contribution >= 0.6 is 0 Å². The molecule has 27 heavy (non-hydrogen) atoms. The molecule has 3 aromatic rings. The summed E-state index contributed by atoms with van der Waals surface area (Å²) in [6.07, 6.45) is 0. The molecule has 3 aromatic carbocycles. The van der Waals surface area contributed by atoms with Crippen LogP contribution in [0, 0.1) is 0 Å². The Morgan fingerprint density at radius 2 is 1.37 bits per heavy atom. The number of ether oxygens (including phenoxy) is 3. The largest absolute Gasteiger partial charge is 0.495 e. The Morgan fingerprint density at radius 3 is 2.07 bits per heavy atom. The molecule has 0 aliphatic carbocycles. The van der Waals surface area contributed by atoms with Crippen molar-refractivity contribution in [3.8, 4) is 17.2 Å². The number of benzene rings is 3. The van der Waals surface area contributed by atoms with Crippen molar-refractivity contribution in [3.63, 3.8) is 0 Å². The molecule has 3 rings (SSSR count). The molecule has 0 fully saturated rings. The van der Waals surface area contributed by atoms with Gasteiger partial charge in [-0.3, -0.25) is 4.79 Å². The van der Waals surface area contributed by atoms with Gasteiger partial charge in [-0.1, -0.05) is 54.6 Å². The zero-order valence-corrected chi connectivity index (χ0v) is 15.1. The lowest BCUT2D eigenvalue weighted by atomic mass is 10.2. The summed E-state index contributed by atoms with van der Waals surface area (Å²) in [5.74, 6) is 1.42. The summed E-state index contributed by atoms with van der Waals surface area (Å²) in [6.45, 7) is 0.290. The van der Waals surface area contributed by atoms with Crippen LogP contribution in [0.5, 0.6) is 17.2 Å². The monoisotopic (exact) mass is 363 g/mol. The second kappa shape index (κ2) is 9.29. The van der Waals surface area contributed by atoms with Gasteiger partial charge in [0.1, 0.15) is 12.4 Å². The van der Waals surface area contributed by atoms with Gasteiger partial charge >= 0.3 is 0 Å². The Balaban J connectivity index is 1.58. The van der Waals surface area contributed by atoms with Gasteiger partial charge in [-0.05, 0) is 29.8 Å². The van der Waals surface area contributed by atoms with E-state index in [4.69, 9.17) is 14.2 Å². The van der Waals surface area contributed by atoms with E-state index < -0.39 is 0 Å². The van der Waals surface area contributed by atoms with Gasteiger partial charge in [0.15, 0.2) is 18.1 Å². The number of rotatable bonds is 8. The van der Waals surface area contributed by atoms with Crippen LogP contribution in [-0.4, -0.2) is 19.6 Å². The average molecular weight is 363 g/mol. The molecule has 0 heterocycles. The summed E-state index contributed by atoms with van der Waals surface area (Å²) in [5, 5.41) is 2.78. The van der Waals surface area contributed by atoms with E-state index in [1.807, 2.05) is 60.7 Å².